The fourth-order valence-electron chi connectivity index (χ4n) is 2.85. The Balaban J connectivity index is 2.01. The summed E-state index contributed by atoms with van der Waals surface area (Å²) in [5.41, 5.74) is -0.235. The summed E-state index contributed by atoms with van der Waals surface area (Å²) in [6.45, 7) is 5.42. The maximum atomic E-state index is 12.2. The molecule has 2 atom stereocenters. The molecule has 1 aromatic rings. The number of hydrogen-bond donors (Lipinski definition) is 0. The van der Waals surface area contributed by atoms with Crippen molar-refractivity contribution in [1.29, 1.82) is 0 Å². The quantitative estimate of drug-likeness (QED) is 0.629. The van der Waals surface area contributed by atoms with Crippen LogP contribution in [0, 0.1) is 22.0 Å². The fraction of sp³-hybridized carbons (Fsp3) is 0.533. The standard InChI is InChI=1S/C15H19ClN2O4/c1-10-5-11(2)8-17(7-10)15(19)9-22-14-4-3-12(16)6-13(14)18(20)21/h3-4,6,10-11H,5,7-9H2,1-2H3/t10-,11+. The Morgan fingerprint density at radius 3 is 2.64 bits per heavy atom. The van der Waals surface area contributed by atoms with Gasteiger partial charge in [-0.15, -0.1) is 0 Å². The zero-order chi connectivity index (χ0) is 16.3. The van der Waals surface area contributed by atoms with E-state index < -0.39 is 4.92 Å². The minimum Gasteiger partial charge on any atom is -0.477 e. The van der Waals surface area contributed by atoms with E-state index in [1.165, 1.54) is 18.2 Å². The van der Waals surface area contributed by atoms with Crippen molar-refractivity contribution >= 4 is 23.2 Å². The SMILES string of the molecule is C[C@@H]1C[C@H](C)CN(C(=O)COc2ccc(Cl)cc2[N+](=O)[O-])C1. The molecule has 1 amide bonds. The summed E-state index contributed by atoms with van der Waals surface area (Å²) in [5, 5.41) is 11.2. The minimum atomic E-state index is -0.573. The first-order valence-corrected chi connectivity index (χ1v) is 7.59. The van der Waals surface area contributed by atoms with Crippen molar-refractivity contribution in [2.75, 3.05) is 19.7 Å². The molecule has 1 aliphatic rings. The van der Waals surface area contributed by atoms with E-state index in [-0.39, 0.29) is 29.0 Å². The fourth-order valence-corrected chi connectivity index (χ4v) is 3.02. The zero-order valence-corrected chi connectivity index (χ0v) is 13.4. The second kappa shape index (κ2) is 6.96. The maximum Gasteiger partial charge on any atom is 0.312 e. The van der Waals surface area contributed by atoms with Crippen molar-refractivity contribution in [2.45, 2.75) is 20.3 Å². The van der Waals surface area contributed by atoms with Gasteiger partial charge in [0.1, 0.15) is 0 Å². The highest BCUT2D eigenvalue weighted by Gasteiger charge is 2.26. The summed E-state index contributed by atoms with van der Waals surface area (Å²) < 4.78 is 5.35. The Kier molecular flexibility index (Phi) is 5.24. The number of piperidine rings is 1. The summed E-state index contributed by atoms with van der Waals surface area (Å²) in [4.78, 5) is 24.4. The van der Waals surface area contributed by atoms with E-state index in [4.69, 9.17) is 16.3 Å². The molecule has 2 rings (SSSR count). The minimum absolute atomic E-state index is 0.0563. The smallest absolute Gasteiger partial charge is 0.312 e. The average Bonchev–Trinajstić information content (AvgIpc) is 2.44. The van der Waals surface area contributed by atoms with Crippen molar-refractivity contribution in [2.24, 2.45) is 11.8 Å². The lowest BCUT2D eigenvalue weighted by atomic mass is 9.92. The molecule has 1 aliphatic heterocycles. The molecule has 6 nitrogen and oxygen atoms in total. The molecule has 0 spiro atoms. The Morgan fingerprint density at radius 1 is 1.41 bits per heavy atom. The number of rotatable bonds is 4. The van der Waals surface area contributed by atoms with Gasteiger partial charge in [0.2, 0.25) is 0 Å². The molecule has 0 radical (unpaired) electrons. The Hall–Kier alpha value is -1.82. The maximum absolute atomic E-state index is 12.2. The van der Waals surface area contributed by atoms with Crippen molar-refractivity contribution in [3.05, 3.63) is 33.3 Å². The number of carbonyl (C=O) groups excluding carboxylic acids is 1. The van der Waals surface area contributed by atoms with Crippen LogP contribution in [0.4, 0.5) is 5.69 Å². The number of amides is 1. The van der Waals surface area contributed by atoms with E-state index in [0.717, 1.165) is 6.42 Å². The van der Waals surface area contributed by atoms with Crippen LogP contribution in [0.25, 0.3) is 0 Å². The molecule has 22 heavy (non-hydrogen) atoms. The Labute approximate surface area is 134 Å². The van der Waals surface area contributed by atoms with Crippen molar-refractivity contribution in [3.8, 4) is 5.75 Å². The molecule has 120 valence electrons. The third-order valence-electron chi connectivity index (χ3n) is 3.69. The first-order chi connectivity index (χ1) is 10.4. The first-order valence-electron chi connectivity index (χ1n) is 7.21. The third kappa shape index (κ3) is 4.10. The van der Waals surface area contributed by atoms with Gasteiger partial charge >= 0.3 is 5.69 Å². The van der Waals surface area contributed by atoms with Gasteiger partial charge in [-0.2, -0.15) is 0 Å². The highest BCUT2D eigenvalue weighted by atomic mass is 35.5. The lowest BCUT2D eigenvalue weighted by Crippen LogP contribution is -2.44. The molecule has 1 fully saturated rings. The highest BCUT2D eigenvalue weighted by Crippen LogP contribution is 2.30. The highest BCUT2D eigenvalue weighted by molar-refractivity contribution is 6.30. The molecule has 7 heteroatoms. The third-order valence-corrected chi connectivity index (χ3v) is 3.93. The second-order valence-corrected chi connectivity index (χ2v) is 6.34. The van der Waals surface area contributed by atoms with Crippen molar-refractivity contribution in [1.82, 2.24) is 4.90 Å². The van der Waals surface area contributed by atoms with Gasteiger partial charge in [-0.25, -0.2) is 0 Å². The number of nitro groups is 1. The number of benzene rings is 1. The van der Waals surface area contributed by atoms with Crippen molar-refractivity contribution in [3.63, 3.8) is 0 Å². The molecule has 0 bridgehead atoms. The van der Waals surface area contributed by atoms with Crippen LogP contribution in [0.2, 0.25) is 5.02 Å². The van der Waals surface area contributed by atoms with Crippen LogP contribution >= 0.6 is 11.6 Å². The van der Waals surface area contributed by atoms with Crippen LogP contribution in [0.15, 0.2) is 18.2 Å². The topological polar surface area (TPSA) is 72.7 Å². The number of nitrogens with zero attached hydrogens (tertiary/aromatic N) is 2. The van der Waals surface area contributed by atoms with Crippen LogP contribution in [0.1, 0.15) is 20.3 Å². The Bertz CT molecular complexity index is 569. The van der Waals surface area contributed by atoms with E-state index >= 15 is 0 Å². The van der Waals surface area contributed by atoms with E-state index in [0.29, 0.717) is 24.9 Å². The molecule has 0 unspecified atom stereocenters. The Morgan fingerprint density at radius 2 is 2.05 bits per heavy atom. The van der Waals surface area contributed by atoms with Crippen LogP contribution in [0.5, 0.6) is 5.75 Å². The number of likely N-dealkylation sites (tertiary alicyclic amines) is 1. The van der Waals surface area contributed by atoms with Crippen LogP contribution in [-0.4, -0.2) is 35.4 Å². The molecule has 0 aromatic heterocycles. The van der Waals surface area contributed by atoms with Gasteiger partial charge in [0, 0.05) is 24.2 Å². The normalized spacial score (nSPS) is 21.5. The van der Waals surface area contributed by atoms with Gasteiger partial charge in [-0.3, -0.25) is 14.9 Å². The molecular formula is C15H19ClN2O4. The lowest BCUT2D eigenvalue weighted by molar-refractivity contribution is -0.385. The predicted octanol–water partition coefficient (Wildman–Crippen LogP) is 3.13. The van der Waals surface area contributed by atoms with Crippen molar-refractivity contribution < 1.29 is 14.5 Å². The molecule has 0 saturated carbocycles. The number of halogens is 1. The lowest BCUT2D eigenvalue weighted by Gasteiger charge is -2.34. The van der Waals surface area contributed by atoms with E-state index in [9.17, 15) is 14.9 Å². The number of nitro benzene ring substituents is 1. The van der Waals surface area contributed by atoms with Crippen LogP contribution < -0.4 is 4.74 Å². The number of carbonyl (C=O) groups is 1. The summed E-state index contributed by atoms with van der Waals surface area (Å²) in [7, 11) is 0. The van der Waals surface area contributed by atoms with Gasteiger partial charge < -0.3 is 9.64 Å². The average molecular weight is 327 g/mol. The number of ether oxygens (including phenoxy) is 1. The second-order valence-electron chi connectivity index (χ2n) is 5.90. The van der Waals surface area contributed by atoms with E-state index in [1.54, 1.807) is 4.90 Å². The molecular weight excluding hydrogens is 308 g/mol. The summed E-state index contributed by atoms with van der Waals surface area (Å²) in [6.07, 6.45) is 1.10. The predicted molar refractivity (Wildman–Crippen MR) is 83.1 cm³/mol. The summed E-state index contributed by atoms with van der Waals surface area (Å²) in [6, 6.07) is 4.13. The summed E-state index contributed by atoms with van der Waals surface area (Å²) in [5.74, 6) is 0.818. The number of hydrogen-bond acceptors (Lipinski definition) is 4. The van der Waals surface area contributed by atoms with Gasteiger partial charge in [0.15, 0.2) is 12.4 Å². The molecule has 1 aromatic carbocycles. The van der Waals surface area contributed by atoms with Gasteiger partial charge in [-0.1, -0.05) is 25.4 Å². The molecule has 1 heterocycles. The zero-order valence-electron chi connectivity index (χ0n) is 12.6. The molecule has 1 saturated heterocycles. The van der Waals surface area contributed by atoms with Crippen LogP contribution in [0.3, 0.4) is 0 Å². The molecule has 0 N–H and O–H groups in total. The van der Waals surface area contributed by atoms with Gasteiger partial charge in [-0.05, 0) is 30.4 Å². The van der Waals surface area contributed by atoms with Gasteiger partial charge in [0.05, 0.1) is 4.92 Å². The first kappa shape index (κ1) is 16.5. The van der Waals surface area contributed by atoms with Crippen LogP contribution in [-0.2, 0) is 4.79 Å². The monoisotopic (exact) mass is 326 g/mol. The largest absolute Gasteiger partial charge is 0.477 e. The van der Waals surface area contributed by atoms with Gasteiger partial charge in [0.25, 0.3) is 5.91 Å². The summed E-state index contributed by atoms with van der Waals surface area (Å²) >= 11 is 5.74. The van der Waals surface area contributed by atoms with E-state index in [1.807, 2.05) is 0 Å². The molecule has 0 aliphatic carbocycles. The van der Waals surface area contributed by atoms with E-state index in [2.05, 4.69) is 13.8 Å².